The number of rotatable bonds is 3. The maximum absolute atomic E-state index is 14.6. The molecule has 1 aliphatic rings. The van der Waals surface area contributed by atoms with Crippen LogP contribution >= 0.6 is 0 Å². The minimum Gasteiger partial charge on any atom is -0.475 e. The number of nitrogens with zero attached hydrogens (tertiary/aromatic N) is 4. The van der Waals surface area contributed by atoms with E-state index in [2.05, 4.69) is 9.97 Å². The predicted octanol–water partition coefficient (Wildman–Crippen LogP) is 4.58. The molecule has 8 nitrogen and oxygen atoms in total. The number of aromatic nitrogens is 3. The average Bonchev–Trinajstić information content (AvgIpc) is 3.34. The third-order valence-electron chi connectivity index (χ3n) is 5.64. The highest BCUT2D eigenvalue weighted by Crippen LogP contribution is 2.32. The van der Waals surface area contributed by atoms with Crippen molar-refractivity contribution in [3.8, 4) is 5.88 Å². The van der Waals surface area contributed by atoms with Gasteiger partial charge in [-0.3, -0.25) is 4.79 Å². The molecule has 1 saturated heterocycles. The second-order valence-corrected chi connectivity index (χ2v) is 8.24. The lowest BCUT2D eigenvalue weighted by Crippen LogP contribution is -2.55. The van der Waals surface area contributed by atoms with Crippen molar-refractivity contribution in [3.05, 3.63) is 72.4 Å². The smallest absolute Gasteiger partial charge is 0.475 e. The molecule has 0 unspecified atom stereocenters. The number of alkyl halides is 5. The van der Waals surface area contributed by atoms with Gasteiger partial charge < -0.3 is 19.1 Å². The van der Waals surface area contributed by atoms with Gasteiger partial charge in [0.15, 0.2) is 6.10 Å². The predicted molar refractivity (Wildman–Crippen MR) is 120 cm³/mol. The summed E-state index contributed by atoms with van der Waals surface area (Å²) in [6.45, 7) is -0.394. The molecule has 1 fully saturated rings. The van der Waals surface area contributed by atoms with Gasteiger partial charge in [-0.1, -0.05) is 0 Å². The molecule has 0 bridgehead atoms. The maximum atomic E-state index is 14.6. The first kappa shape index (κ1) is 26.7. The summed E-state index contributed by atoms with van der Waals surface area (Å²) in [5.41, 5.74) is 1.23. The van der Waals surface area contributed by atoms with Crippen LogP contribution in [-0.2, 0) is 4.79 Å². The summed E-state index contributed by atoms with van der Waals surface area (Å²) in [7, 11) is 0. The van der Waals surface area contributed by atoms with Gasteiger partial charge in [-0.15, -0.1) is 0 Å². The molecule has 0 saturated carbocycles. The summed E-state index contributed by atoms with van der Waals surface area (Å²) in [6.07, 6.45) is -2.14. The lowest BCUT2D eigenvalue weighted by molar-refractivity contribution is -0.192. The van der Waals surface area contributed by atoms with Crippen LogP contribution in [0.25, 0.3) is 16.6 Å². The molecule has 0 spiro atoms. The molecule has 4 aromatic rings. The lowest BCUT2D eigenvalue weighted by atomic mass is 10.0. The van der Waals surface area contributed by atoms with Gasteiger partial charge in [-0.2, -0.15) is 13.2 Å². The Balaban J connectivity index is 0.000000426. The number of carbonyl (C=O) groups is 2. The fourth-order valence-corrected chi connectivity index (χ4v) is 3.75. The average molecular weight is 540 g/mol. The number of carboxylic acid groups (broad SMARTS) is 1. The summed E-state index contributed by atoms with van der Waals surface area (Å²) in [5.74, 6) is -6.69. The fourth-order valence-electron chi connectivity index (χ4n) is 3.75. The number of amides is 1. The summed E-state index contributed by atoms with van der Waals surface area (Å²) in [5, 5.41) is 7.66. The number of hydrogen-bond donors (Lipinski definition) is 1. The van der Waals surface area contributed by atoms with Crippen molar-refractivity contribution in [2.75, 3.05) is 13.1 Å². The van der Waals surface area contributed by atoms with Crippen LogP contribution in [0, 0.1) is 5.82 Å². The first-order chi connectivity index (χ1) is 17.8. The SMILES string of the molecule is O=C(O)C(F)(F)F.O=C(c1cccn2ccnc12)N1CCC(F)(F)[C@@H](Oc2ccc3cc(F)ccc3n2)C1. The van der Waals surface area contributed by atoms with E-state index in [0.29, 0.717) is 22.1 Å². The molecular weight excluding hydrogens is 522 g/mol. The van der Waals surface area contributed by atoms with Crippen LogP contribution in [0.1, 0.15) is 16.8 Å². The van der Waals surface area contributed by atoms with E-state index >= 15 is 0 Å². The van der Waals surface area contributed by atoms with Gasteiger partial charge in [0.2, 0.25) is 5.88 Å². The highest BCUT2D eigenvalue weighted by molar-refractivity contribution is 5.99. The molecule has 4 heterocycles. The van der Waals surface area contributed by atoms with E-state index in [1.807, 2.05) is 0 Å². The number of carbonyl (C=O) groups excluding carboxylic acids is 1. The summed E-state index contributed by atoms with van der Waals surface area (Å²) >= 11 is 0. The lowest BCUT2D eigenvalue weighted by Gasteiger charge is -2.38. The van der Waals surface area contributed by atoms with Crippen molar-refractivity contribution in [2.24, 2.45) is 0 Å². The number of likely N-dealkylation sites (tertiary alicyclic amines) is 1. The molecule has 0 radical (unpaired) electrons. The number of benzene rings is 1. The standard InChI is InChI=1S/C22H17F3N4O2.C2HF3O2/c23-15-4-5-17-14(12-15)3-6-19(27-17)31-18-13-29(10-7-22(18,24)25)21(30)16-2-1-9-28-11-8-26-20(16)28;3-2(4,5)1(6)7/h1-6,8-9,11-12,18H,7,10,13H2;(H,6,7)/t18-;/m0./s1. The van der Waals surface area contributed by atoms with Crippen molar-refractivity contribution in [1.29, 1.82) is 0 Å². The summed E-state index contributed by atoms with van der Waals surface area (Å²) in [4.78, 5) is 31.7. The highest BCUT2D eigenvalue weighted by atomic mass is 19.4. The molecule has 0 aliphatic carbocycles. The molecule has 5 rings (SSSR count). The first-order valence-electron chi connectivity index (χ1n) is 11.0. The number of aliphatic carboxylic acids is 1. The number of carboxylic acids is 1. The zero-order chi connectivity index (χ0) is 27.7. The number of hydrogen-bond acceptors (Lipinski definition) is 5. The fraction of sp³-hybridized carbons (Fsp3) is 0.250. The Morgan fingerprint density at radius 1 is 1.11 bits per heavy atom. The van der Waals surface area contributed by atoms with Crippen LogP contribution in [-0.4, -0.2) is 67.5 Å². The molecule has 1 N–H and O–H groups in total. The minimum absolute atomic E-state index is 0.00607. The van der Waals surface area contributed by atoms with Gasteiger partial charge in [0, 0.05) is 43.0 Å². The Hall–Kier alpha value is -4.36. The zero-order valence-corrected chi connectivity index (χ0v) is 19.2. The third kappa shape index (κ3) is 5.79. The van der Waals surface area contributed by atoms with Crippen molar-refractivity contribution in [3.63, 3.8) is 0 Å². The second-order valence-electron chi connectivity index (χ2n) is 8.24. The highest BCUT2D eigenvalue weighted by Gasteiger charge is 2.47. The molecule has 1 atom stereocenters. The minimum atomic E-state index is -5.08. The Morgan fingerprint density at radius 3 is 2.55 bits per heavy atom. The Labute approximate surface area is 210 Å². The molecule has 3 aromatic heterocycles. The van der Waals surface area contributed by atoms with E-state index in [0.717, 1.165) is 0 Å². The first-order valence-corrected chi connectivity index (χ1v) is 11.0. The number of ether oxygens (including phenoxy) is 1. The van der Waals surface area contributed by atoms with E-state index in [9.17, 15) is 31.1 Å². The Morgan fingerprint density at radius 2 is 1.84 bits per heavy atom. The molecule has 38 heavy (non-hydrogen) atoms. The van der Waals surface area contributed by atoms with Crippen LogP contribution in [0.4, 0.5) is 26.3 Å². The van der Waals surface area contributed by atoms with Gasteiger partial charge in [0.05, 0.1) is 17.6 Å². The molecule has 200 valence electrons. The van der Waals surface area contributed by atoms with E-state index in [4.69, 9.17) is 14.6 Å². The Kier molecular flexibility index (Phi) is 7.16. The van der Waals surface area contributed by atoms with E-state index < -0.39 is 36.4 Å². The molecule has 1 aliphatic heterocycles. The zero-order valence-electron chi connectivity index (χ0n) is 19.2. The van der Waals surface area contributed by atoms with Crippen LogP contribution in [0.5, 0.6) is 5.88 Å². The van der Waals surface area contributed by atoms with Crippen LogP contribution in [0.2, 0.25) is 0 Å². The number of fused-ring (bicyclic) bond motifs is 2. The normalized spacial score (nSPS) is 17.1. The number of pyridine rings is 2. The van der Waals surface area contributed by atoms with Gasteiger partial charge in [0.1, 0.15) is 11.5 Å². The molecule has 1 aromatic carbocycles. The van der Waals surface area contributed by atoms with Gasteiger partial charge in [-0.25, -0.2) is 27.9 Å². The van der Waals surface area contributed by atoms with Crippen LogP contribution < -0.4 is 4.74 Å². The topological polar surface area (TPSA) is 97.0 Å². The van der Waals surface area contributed by atoms with Crippen LogP contribution in [0.15, 0.2) is 61.1 Å². The summed E-state index contributed by atoms with van der Waals surface area (Å²) < 4.78 is 81.5. The van der Waals surface area contributed by atoms with E-state index in [-0.39, 0.29) is 24.9 Å². The van der Waals surface area contributed by atoms with E-state index in [1.54, 1.807) is 41.2 Å². The van der Waals surface area contributed by atoms with Crippen molar-refractivity contribution in [1.82, 2.24) is 19.3 Å². The molecule has 14 heteroatoms. The van der Waals surface area contributed by atoms with Gasteiger partial charge in [0.25, 0.3) is 11.8 Å². The van der Waals surface area contributed by atoms with Crippen molar-refractivity contribution < 1.29 is 45.8 Å². The molecular formula is C24H18F6N4O4. The number of halogens is 6. The Bertz CT molecular complexity index is 1490. The quantitative estimate of drug-likeness (QED) is 0.382. The molecule has 1 amide bonds. The van der Waals surface area contributed by atoms with Crippen LogP contribution in [0.3, 0.4) is 0 Å². The van der Waals surface area contributed by atoms with E-state index in [1.165, 1.54) is 29.2 Å². The number of piperidine rings is 1. The maximum Gasteiger partial charge on any atom is 0.490 e. The third-order valence-corrected chi connectivity index (χ3v) is 5.64. The van der Waals surface area contributed by atoms with Crippen molar-refractivity contribution >= 4 is 28.4 Å². The monoisotopic (exact) mass is 540 g/mol. The van der Waals surface area contributed by atoms with Gasteiger partial charge in [-0.05, 0) is 36.4 Å². The summed E-state index contributed by atoms with van der Waals surface area (Å²) in [6, 6.07) is 10.3. The van der Waals surface area contributed by atoms with Gasteiger partial charge >= 0.3 is 12.1 Å². The largest absolute Gasteiger partial charge is 0.490 e. The number of imidazole rings is 1. The second kappa shape index (κ2) is 10.2. The van der Waals surface area contributed by atoms with Crippen molar-refractivity contribution in [2.45, 2.75) is 24.6 Å².